The van der Waals surface area contributed by atoms with Crippen LogP contribution in [0.3, 0.4) is 0 Å². The number of imidazole rings is 1. The molecule has 4 heterocycles. The maximum absolute atomic E-state index is 4.67. The average Bonchev–Trinajstić information content (AvgIpc) is 2.99. The Labute approximate surface area is 143 Å². The van der Waals surface area contributed by atoms with Gasteiger partial charge in [-0.25, -0.2) is 15.0 Å². The van der Waals surface area contributed by atoms with Crippen LogP contribution in [0.4, 0.5) is 5.82 Å². The van der Waals surface area contributed by atoms with E-state index in [-0.39, 0.29) is 0 Å². The van der Waals surface area contributed by atoms with E-state index in [2.05, 4.69) is 43.4 Å². The number of rotatable bonds is 3. The topological polar surface area (TPSA) is 50.1 Å². The maximum Gasteiger partial charge on any atom is 0.136 e. The van der Waals surface area contributed by atoms with E-state index in [4.69, 9.17) is 0 Å². The van der Waals surface area contributed by atoms with Crippen molar-refractivity contribution in [2.24, 2.45) is 13.0 Å². The van der Waals surface area contributed by atoms with Gasteiger partial charge < -0.3 is 14.4 Å². The number of aryl methyl sites for hydroxylation is 1. The van der Waals surface area contributed by atoms with Crippen LogP contribution in [0.5, 0.6) is 0 Å². The molecule has 4 rings (SSSR count). The highest BCUT2D eigenvalue weighted by Gasteiger charge is 2.27. The fourth-order valence-electron chi connectivity index (χ4n) is 4.01. The van der Waals surface area contributed by atoms with Gasteiger partial charge in [0.1, 0.15) is 18.0 Å². The van der Waals surface area contributed by atoms with E-state index in [0.717, 1.165) is 44.8 Å². The molecule has 0 radical (unpaired) electrons. The molecule has 0 saturated carbocycles. The zero-order chi connectivity index (χ0) is 16.5. The SMILES string of the molecule is CN1CCc2ncnc(N3CCCC(Cc4nccn4C)C3)c2C1. The van der Waals surface area contributed by atoms with Gasteiger partial charge in [-0.2, -0.15) is 0 Å². The highest BCUT2D eigenvalue weighted by Crippen LogP contribution is 2.29. The summed E-state index contributed by atoms with van der Waals surface area (Å²) in [4.78, 5) is 18.5. The second-order valence-electron chi connectivity index (χ2n) is 7.22. The standard InChI is InChI=1S/C18H26N6/c1-22-8-5-16-15(12-22)18(21-13-20-16)24-7-3-4-14(11-24)10-17-19-6-9-23(17)2/h6,9,13-14H,3-5,7-8,10-12H2,1-2H3. The number of anilines is 1. The highest BCUT2D eigenvalue weighted by molar-refractivity contribution is 5.49. The minimum Gasteiger partial charge on any atom is -0.356 e. The lowest BCUT2D eigenvalue weighted by Gasteiger charge is -2.36. The third kappa shape index (κ3) is 3.02. The molecule has 0 N–H and O–H groups in total. The van der Waals surface area contributed by atoms with Crippen LogP contribution in [0.1, 0.15) is 29.9 Å². The van der Waals surface area contributed by atoms with Gasteiger partial charge in [-0.05, 0) is 25.8 Å². The molecule has 0 bridgehead atoms. The van der Waals surface area contributed by atoms with E-state index in [1.165, 1.54) is 29.9 Å². The molecule has 6 nitrogen and oxygen atoms in total. The number of aromatic nitrogens is 4. The normalized spacial score (nSPS) is 21.8. The summed E-state index contributed by atoms with van der Waals surface area (Å²) in [7, 11) is 4.26. The molecule has 1 unspecified atom stereocenters. The number of nitrogens with zero attached hydrogens (tertiary/aromatic N) is 6. The van der Waals surface area contributed by atoms with Crippen LogP contribution in [-0.4, -0.2) is 51.1 Å². The average molecular weight is 326 g/mol. The summed E-state index contributed by atoms with van der Waals surface area (Å²) in [5.74, 6) is 2.99. The molecule has 2 aliphatic rings. The minimum absolute atomic E-state index is 0.645. The number of fused-ring (bicyclic) bond motifs is 1. The summed E-state index contributed by atoms with van der Waals surface area (Å²) < 4.78 is 2.14. The van der Waals surface area contributed by atoms with Crippen molar-refractivity contribution in [1.82, 2.24) is 24.4 Å². The van der Waals surface area contributed by atoms with E-state index in [1.807, 2.05) is 12.4 Å². The first-order valence-electron chi connectivity index (χ1n) is 8.93. The van der Waals surface area contributed by atoms with Crippen molar-refractivity contribution in [3.63, 3.8) is 0 Å². The molecule has 1 fully saturated rings. The van der Waals surface area contributed by atoms with E-state index >= 15 is 0 Å². The van der Waals surface area contributed by atoms with Gasteiger partial charge in [-0.1, -0.05) is 0 Å². The van der Waals surface area contributed by atoms with E-state index in [9.17, 15) is 0 Å². The van der Waals surface area contributed by atoms with Crippen LogP contribution >= 0.6 is 0 Å². The predicted molar refractivity (Wildman–Crippen MR) is 93.9 cm³/mol. The zero-order valence-corrected chi connectivity index (χ0v) is 14.6. The van der Waals surface area contributed by atoms with Crippen molar-refractivity contribution in [3.8, 4) is 0 Å². The Morgan fingerprint density at radius 1 is 1.17 bits per heavy atom. The van der Waals surface area contributed by atoms with E-state index in [1.54, 1.807) is 6.33 Å². The Bertz CT molecular complexity index is 709. The maximum atomic E-state index is 4.67. The molecule has 0 aliphatic carbocycles. The number of likely N-dealkylation sites (N-methyl/N-ethyl adjacent to an activating group) is 1. The van der Waals surface area contributed by atoms with Gasteiger partial charge >= 0.3 is 0 Å². The summed E-state index contributed by atoms with van der Waals surface area (Å²) in [6.07, 6.45) is 10.3. The molecular formula is C18H26N6. The Hall–Kier alpha value is -1.95. The van der Waals surface area contributed by atoms with Gasteiger partial charge in [0.05, 0.1) is 5.69 Å². The lowest BCUT2D eigenvalue weighted by atomic mass is 9.93. The van der Waals surface area contributed by atoms with Gasteiger partial charge in [0.15, 0.2) is 0 Å². The van der Waals surface area contributed by atoms with Gasteiger partial charge in [0, 0.05) is 64.0 Å². The first-order chi connectivity index (χ1) is 11.7. The number of hydrogen-bond donors (Lipinski definition) is 0. The molecule has 2 aromatic heterocycles. The van der Waals surface area contributed by atoms with Crippen LogP contribution < -0.4 is 4.90 Å². The van der Waals surface area contributed by atoms with Crippen LogP contribution in [0.25, 0.3) is 0 Å². The highest BCUT2D eigenvalue weighted by atomic mass is 15.2. The smallest absolute Gasteiger partial charge is 0.136 e. The van der Waals surface area contributed by atoms with Crippen molar-refractivity contribution < 1.29 is 0 Å². The monoisotopic (exact) mass is 326 g/mol. The van der Waals surface area contributed by atoms with Crippen LogP contribution in [0.15, 0.2) is 18.7 Å². The first-order valence-corrected chi connectivity index (χ1v) is 8.93. The third-order valence-corrected chi connectivity index (χ3v) is 5.38. The minimum atomic E-state index is 0.645. The number of piperidine rings is 1. The van der Waals surface area contributed by atoms with Gasteiger partial charge in [0.2, 0.25) is 0 Å². The Balaban J connectivity index is 1.53. The largest absolute Gasteiger partial charge is 0.356 e. The Kier molecular flexibility index (Phi) is 4.22. The quantitative estimate of drug-likeness (QED) is 0.858. The van der Waals surface area contributed by atoms with Crippen molar-refractivity contribution in [3.05, 3.63) is 35.8 Å². The zero-order valence-electron chi connectivity index (χ0n) is 14.6. The molecule has 128 valence electrons. The molecule has 2 aromatic rings. The number of hydrogen-bond acceptors (Lipinski definition) is 5. The predicted octanol–water partition coefficient (Wildman–Crippen LogP) is 1.66. The van der Waals surface area contributed by atoms with E-state index < -0.39 is 0 Å². The molecule has 1 saturated heterocycles. The molecule has 24 heavy (non-hydrogen) atoms. The van der Waals surface area contributed by atoms with Gasteiger partial charge in [-0.3, -0.25) is 0 Å². The second-order valence-corrected chi connectivity index (χ2v) is 7.22. The summed E-state index contributed by atoms with van der Waals surface area (Å²) in [5.41, 5.74) is 2.58. The van der Waals surface area contributed by atoms with Crippen molar-refractivity contribution in [2.75, 3.05) is 31.6 Å². The first kappa shape index (κ1) is 15.6. The summed E-state index contributed by atoms with van der Waals surface area (Å²) in [6.45, 7) is 4.22. The van der Waals surface area contributed by atoms with Crippen LogP contribution in [0.2, 0.25) is 0 Å². The molecule has 2 aliphatic heterocycles. The van der Waals surface area contributed by atoms with Crippen LogP contribution in [-0.2, 0) is 26.4 Å². The molecule has 0 aromatic carbocycles. The Morgan fingerprint density at radius 3 is 2.92 bits per heavy atom. The molecule has 0 spiro atoms. The summed E-state index contributed by atoms with van der Waals surface area (Å²) in [6, 6.07) is 0. The molecule has 0 amide bonds. The Morgan fingerprint density at radius 2 is 2.08 bits per heavy atom. The third-order valence-electron chi connectivity index (χ3n) is 5.38. The van der Waals surface area contributed by atoms with E-state index in [0.29, 0.717) is 5.92 Å². The van der Waals surface area contributed by atoms with Crippen molar-refractivity contribution >= 4 is 5.82 Å². The van der Waals surface area contributed by atoms with Gasteiger partial charge in [0.25, 0.3) is 0 Å². The fourth-order valence-corrected chi connectivity index (χ4v) is 4.01. The fraction of sp³-hybridized carbons (Fsp3) is 0.611. The second kappa shape index (κ2) is 6.51. The van der Waals surface area contributed by atoms with Crippen LogP contribution in [0, 0.1) is 5.92 Å². The van der Waals surface area contributed by atoms with Crippen molar-refractivity contribution in [2.45, 2.75) is 32.2 Å². The molecule has 6 heteroatoms. The lowest BCUT2D eigenvalue weighted by Crippen LogP contribution is -2.39. The van der Waals surface area contributed by atoms with Crippen molar-refractivity contribution in [1.29, 1.82) is 0 Å². The molecular weight excluding hydrogens is 300 g/mol. The summed E-state index contributed by atoms with van der Waals surface area (Å²) in [5, 5.41) is 0. The van der Waals surface area contributed by atoms with Gasteiger partial charge in [-0.15, -0.1) is 0 Å². The summed E-state index contributed by atoms with van der Waals surface area (Å²) >= 11 is 0. The lowest BCUT2D eigenvalue weighted by molar-refractivity contribution is 0.308. The molecule has 1 atom stereocenters.